The number of allylic oxidation sites excluding steroid dienone is 2. The Morgan fingerprint density at radius 1 is 0.564 bits per heavy atom. The summed E-state index contributed by atoms with van der Waals surface area (Å²) in [6.45, 7) is 4.47. The fraction of sp³-hybridized carbons (Fsp3) is 0.886. The van der Waals surface area contributed by atoms with Crippen LogP contribution in [0.15, 0.2) is 12.2 Å². The van der Waals surface area contributed by atoms with Crippen molar-refractivity contribution in [2.24, 2.45) is 0 Å². The van der Waals surface area contributed by atoms with Crippen molar-refractivity contribution in [1.82, 2.24) is 0 Å². The van der Waals surface area contributed by atoms with Gasteiger partial charge in [-0.1, -0.05) is 148 Å². The zero-order valence-corrected chi connectivity index (χ0v) is 26.2. The molecule has 39 heavy (non-hydrogen) atoms. The van der Waals surface area contributed by atoms with Gasteiger partial charge in [-0.25, -0.2) is 0 Å². The third-order valence-electron chi connectivity index (χ3n) is 7.72. The van der Waals surface area contributed by atoms with Gasteiger partial charge in [0.2, 0.25) is 0 Å². The zero-order chi connectivity index (χ0) is 28.7. The summed E-state index contributed by atoms with van der Waals surface area (Å²) < 4.78 is 5.51. The van der Waals surface area contributed by atoms with Crippen LogP contribution >= 0.6 is 0 Å². The van der Waals surface area contributed by atoms with E-state index in [0.29, 0.717) is 12.8 Å². The van der Waals surface area contributed by atoms with Crippen LogP contribution in [0.4, 0.5) is 0 Å². The molecule has 0 aliphatic rings. The van der Waals surface area contributed by atoms with Crippen LogP contribution in [-0.2, 0) is 14.3 Å². The number of carboxylic acids is 1. The molecule has 0 aromatic carbocycles. The van der Waals surface area contributed by atoms with Crippen LogP contribution in [-0.4, -0.2) is 23.1 Å². The van der Waals surface area contributed by atoms with E-state index in [-0.39, 0.29) is 12.4 Å². The molecule has 4 nitrogen and oxygen atoms in total. The Kier molecular flexibility index (Phi) is 30.2. The summed E-state index contributed by atoms with van der Waals surface area (Å²) in [5.74, 6) is -1.11. The maximum absolute atomic E-state index is 12.2. The standard InChI is InChI=1S/C35H66O4/c1-3-5-7-9-11-12-13-14-15-16-17-18-19-20-21-22-23-24-25-27-29-31-35(38)39-33(32-34(36)37)30-28-26-10-8-6-4-2/h14-15,33H,3-13,16-32H2,1-2H3,(H,36,37)/b15-14-. The lowest BCUT2D eigenvalue weighted by molar-refractivity contribution is -0.153. The van der Waals surface area contributed by atoms with Gasteiger partial charge in [0.05, 0.1) is 6.42 Å². The van der Waals surface area contributed by atoms with Crippen molar-refractivity contribution in [3.8, 4) is 0 Å². The lowest BCUT2D eigenvalue weighted by atomic mass is 10.0. The first-order chi connectivity index (χ1) is 19.1. The Labute approximate surface area is 243 Å². The molecule has 0 amide bonds. The van der Waals surface area contributed by atoms with Crippen molar-refractivity contribution < 1.29 is 19.4 Å². The minimum Gasteiger partial charge on any atom is -0.481 e. The molecular weight excluding hydrogens is 484 g/mol. The molecule has 0 heterocycles. The summed E-state index contributed by atoms with van der Waals surface area (Å²) >= 11 is 0. The molecule has 0 saturated carbocycles. The van der Waals surface area contributed by atoms with E-state index < -0.39 is 12.1 Å². The summed E-state index contributed by atoms with van der Waals surface area (Å²) in [7, 11) is 0. The number of hydrogen-bond donors (Lipinski definition) is 1. The van der Waals surface area contributed by atoms with Crippen molar-refractivity contribution >= 4 is 11.9 Å². The molecule has 0 aliphatic carbocycles. The molecule has 0 saturated heterocycles. The highest BCUT2D eigenvalue weighted by molar-refractivity contribution is 5.71. The second-order valence-corrected chi connectivity index (χ2v) is 11.7. The number of aliphatic carboxylic acids is 1. The number of ether oxygens (including phenoxy) is 1. The molecule has 1 unspecified atom stereocenters. The maximum atomic E-state index is 12.2. The van der Waals surface area contributed by atoms with Crippen LogP contribution < -0.4 is 0 Å². The molecule has 0 radical (unpaired) electrons. The first-order valence-electron chi connectivity index (χ1n) is 17.2. The molecule has 0 aromatic rings. The van der Waals surface area contributed by atoms with Gasteiger partial charge >= 0.3 is 11.9 Å². The molecule has 1 N–H and O–H groups in total. The normalized spacial score (nSPS) is 12.3. The average molecular weight is 551 g/mol. The molecule has 0 aliphatic heterocycles. The highest BCUT2D eigenvalue weighted by Gasteiger charge is 2.17. The molecular formula is C35H66O4. The van der Waals surface area contributed by atoms with Crippen LogP contribution in [0.3, 0.4) is 0 Å². The molecule has 1 atom stereocenters. The average Bonchev–Trinajstić information content (AvgIpc) is 2.91. The predicted octanol–water partition coefficient (Wildman–Crippen LogP) is 11.5. The van der Waals surface area contributed by atoms with Crippen LogP contribution in [0.25, 0.3) is 0 Å². The lowest BCUT2D eigenvalue weighted by Crippen LogP contribution is -2.21. The summed E-state index contributed by atoms with van der Waals surface area (Å²) in [4.78, 5) is 23.3. The number of rotatable bonds is 31. The van der Waals surface area contributed by atoms with Crippen molar-refractivity contribution in [3.05, 3.63) is 12.2 Å². The van der Waals surface area contributed by atoms with Crippen LogP contribution in [0.5, 0.6) is 0 Å². The molecule has 4 heteroatoms. The number of carbonyl (C=O) groups excluding carboxylic acids is 1. The van der Waals surface area contributed by atoms with E-state index in [9.17, 15) is 9.59 Å². The fourth-order valence-electron chi connectivity index (χ4n) is 5.20. The molecule has 0 bridgehead atoms. The van der Waals surface area contributed by atoms with E-state index in [1.807, 2.05) is 0 Å². The van der Waals surface area contributed by atoms with E-state index >= 15 is 0 Å². The largest absolute Gasteiger partial charge is 0.481 e. The summed E-state index contributed by atoms with van der Waals surface area (Å²) in [5, 5.41) is 9.13. The van der Waals surface area contributed by atoms with Gasteiger partial charge in [0, 0.05) is 6.42 Å². The van der Waals surface area contributed by atoms with E-state index in [2.05, 4.69) is 26.0 Å². The number of carbonyl (C=O) groups is 2. The van der Waals surface area contributed by atoms with Gasteiger partial charge in [-0.2, -0.15) is 0 Å². The summed E-state index contributed by atoms with van der Waals surface area (Å²) in [6.07, 6.45) is 36.8. The Balaban J connectivity index is 3.50. The van der Waals surface area contributed by atoms with Gasteiger partial charge in [-0.15, -0.1) is 0 Å². The first-order valence-corrected chi connectivity index (χ1v) is 17.2. The SMILES string of the molecule is CCCCCCCC/C=C\CCCCCCCCCCCCCC(=O)OC(CCCCCCCC)CC(=O)O. The Bertz CT molecular complexity index is 557. The highest BCUT2D eigenvalue weighted by Crippen LogP contribution is 2.16. The summed E-state index contributed by atoms with van der Waals surface area (Å²) in [6, 6.07) is 0. The third-order valence-corrected chi connectivity index (χ3v) is 7.72. The lowest BCUT2D eigenvalue weighted by Gasteiger charge is -2.16. The van der Waals surface area contributed by atoms with Crippen LogP contribution in [0.2, 0.25) is 0 Å². The fourth-order valence-corrected chi connectivity index (χ4v) is 5.20. The van der Waals surface area contributed by atoms with Gasteiger partial charge in [-0.05, 0) is 44.9 Å². The first kappa shape index (κ1) is 37.7. The van der Waals surface area contributed by atoms with E-state index in [1.54, 1.807) is 0 Å². The van der Waals surface area contributed by atoms with Crippen molar-refractivity contribution in [3.63, 3.8) is 0 Å². The summed E-state index contributed by atoms with van der Waals surface area (Å²) in [5.41, 5.74) is 0. The van der Waals surface area contributed by atoms with Crippen LogP contribution in [0.1, 0.15) is 194 Å². The second-order valence-electron chi connectivity index (χ2n) is 11.7. The van der Waals surface area contributed by atoms with Gasteiger partial charge in [0.25, 0.3) is 0 Å². The number of carboxylic acid groups (broad SMARTS) is 1. The highest BCUT2D eigenvalue weighted by atomic mass is 16.5. The zero-order valence-electron chi connectivity index (χ0n) is 26.2. The number of unbranched alkanes of at least 4 members (excludes halogenated alkanes) is 22. The maximum Gasteiger partial charge on any atom is 0.307 e. The van der Waals surface area contributed by atoms with Crippen molar-refractivity contribution in [1.29, 1.82) is 0 Å². The Morgan fingerprint density at radius 3 is 1.38 bits per heavy atom. The monoisotopic (exact) mass is 550 g/mol. The quantitative estimate of drug-likeness (QED) is 0.0529. The number of hydrogen-bond acceptors (Lipinski definition) is 3. The Hall–Kier alpha value is -1.32. The van der Waals surface area contributed by atoms with E-state index in [1.165, 1.54) is 135 Å². The molecule has 0 fully saturated rings. The smallest absolute Gasteiger partial charge is 0.307 e. The topological polar surface area (TPSA) is 63.6 Å². The minimum absolute atomic E-state index is 0.0724. The number of esters is 1. The third kappa shape index (κ3) is 31.1. The van der Waals surface area contributed by atoms with E-state index in [0.717, 1.165) is 25.7 Å². The van der Waals surface area contributed by atoms with Crippen molar-refractivity contribution in [2.75, 3.05) is 0 Å². The second kappa shape index (κ2) is 31.2. The molecule has 230 valence electrons. The molecule has 0 aromatic heterocycles. The van der Waals surface area contributed by atoms with Gasteiger partial charge in [-0.3, -0.25) is 9.59 Å². The molecule has 0 spiro atoms. The van der Waals surface area contributed by atoms with Gasteiger partial charge in [0.15, 0.2) is 0 Å². The molecule has 0 rings (SSSR count). The van der Waals surface area contributed by atoms with Crippen molar-refractivity contribution in [2.45, 2.75) is 200 Å². The van der Waals surface area contributed by atoms with Gasteiger partial charge in [0.1, 0.15) is 6.10 Å². The van der Waals surface area contributed by atoms with Crippen LogP contribution in [0, 0.1) is 0 Å². The minimum atomic E-state index is -0.884. The van der Waals surface area contributed by atoms with E-state index in [4.69, 9.17) is 9.84 Å². The Morgan fingerprint density at radius 2 is 0.949 bits per heavy atom. The van der Waals surface area contributed by atoms with Gasteiger partial charge < -0.3 is 9.84 Å². The predicted molar refractivity (Wildman–Crippen MR) is 167 cm³/mol.